The minimum absolute atomic E-state index is 0.130. The number of methoxy groups -OCH3 is 1. The van der Waals surface area contributed by atoms with Crippen molar-refractivity contribution in [3.63, 3.8) is 0 Å². The molecule has 0 unspecified atom stereocenters. The van der Waals surface area contributed by atoms with Crippen molar-refractivity contribution in [3.05, 3.63) is 74.9 Å². The van der Waals surface area contributed by atoms with E-state index in [2.05, 4.69) is 5.32 Å². The predicted molar refractivity (Wildman–Crippen MR) is 132 cm³/mol. The number of hydrogen-bond acceptors (Lipinski definition) is 6. The van der Waals surface area contributed by atoms with E-state index in [0.717, 1.165) is 21.7 Å². The fourth-order valence-electron chi connectivity index (χ4n) is 3.38. The molecule has 4 aromatic rings. The van der Waals surface area contributed by atoms with E-state index in [-0.39, 0.29) is 17.2 Å². The van der Waals surface area contributed by atoms with Crippen molar-refractivity contribution >= 4 is 44.9 Å². The lowest BCUT2D eigenvalue weighted by Gasteiger charge is -2.13. The Balaban J connectivity index is 1.70. The maximum atomic E-state index is 13.5. The highest BCUT2D eigenvalue weighted by molar-refractivity contribution is 7.99. The number of carbonyl (C=O) groups is 1. The van der Waals surface area contributed by atoms with Gasteiger partial charge in [0.1, 0.15) is 10.6 Å². The normalized spacial score (nSPS) is 11.0. The van der Waals surface area contributed by atoms with Crippen LogP contribution in [-0.4, -0.2) is 28.3 Å². The van der Waals surface area contributed by atoms with Crippen LogP contribution in [0.1, 0.15) is 16.0 Å². The minimum atomic E-state index is -0.158. The molecule has 4 rings (SSSR count). The van der Waals surface area contributed by atoms with E-state index in [1.54, 1.807) is 23.8 Å². The smallest absolute Gasteiger partial charge is 0.267 e. The zero-order valence-electron chi connectivity index (χ0n) is 18.3. The van der Waals surface area contributed by atoms with E-state index in [1.807, 2.05) is 57.2 Å². The number of amides is 1. The van der Waals surface area contributed by atoms with Gasteiger partial charge < -0.3 is 10.1 Å². The second kappa shape index (κ2) is 9.18. The number of hydrogen-bond donors (Lipinski definition) is 1. The number of carbonyl (C=O) groups excluding carboxylic acids is 1. The molecule has 0 bridgehead atoms. The second-order valence-electron chi connectivity index (χ2n) is 7.40. The molecule has 0 aliphatic heterocycles. The predicted octanol–water partition coefficient (Wildman–Crippen LogP) is 5.11. The molecular weight excluding hydrogens is 442 g/mol. The van der Waals surface area contributed by atoms with Gasteiger partial charge in [-0.3, -0.25) is 14.2 Å². The Morgan fingerprint density at radius 3 is 2.59 bits per heavy atom. The van der Waals surface area contributed by atoms with E-state index in [0.29, 0.717) is 26.8 Å². The quantitative estimate of drug-likeness (QED) is 0.316. The first-order valence-electron chi connectivity index (χ1n) is 10.0. The molecule has 8 heteroatoms. The zero-order valence-corrected chi connectivity index (χ0v) is 19.9. The molecule has 0 fully saturated rings. The van der Waals surface area contributed by atoms with Crippen LogP contribution in [0.2, 0.25) is 0 Å². The van der Waals surface area contributed by atoms with E-state index in [1.165, 1.54) is 23.1 Å². The molecule has 2 aromatic heterocycles. The molecule has 2 aromatic carbocycles. The number of thiophene rings is 1. The summed E-state index contributed by atoms with van der Waals surface area (Å²) in [6.07, 6.45) is 0. The lowest BCUT2D eigenvalue weighted by molar-refractivity contribution is -0.113. The standard InChI is InChI=1S/C24H23N3O3S2/c1-14-6-5-7-17(12-14)25-20(28)13-31-24-26-22-21(15(2)16(3)32-22)23(29)27(24)18-8-10-19(30-4)11-9-18/h5-12H,13H2,1-4H3,(H,25,28). The number of fused-ring (bicyclic) bond motifs is 1. The first kappa shape index (κ1) is 22.1. The number of rotatable bonds is 6. The lowest BCUT2D eigenvalue weighted by atomic mass is 10.2. The number of benzene rings is 2. The summed E-state index contributed by atoms with van der Waals surface area (Å²) in [5, 5.41) is 4.01. The fraction of sp³-hybridized carbons (Fsp3) is 0.208. The third-order valence-corrected chi connectivity index (χ3v) is 7.18. The number of aryl methyl sites for hydroxylation is 3. The molecule has 0 radical (unpaired) electrons. The highest BCUT2D eigenvalue weighted by Gasteiger charge is 2.19. The van der Waals surface area contributed by atoms with Gasteiger partial charge in [0.05, 0.1) is 23.9 Å². The van der Waals surface area contributed by atoms with Gasteiger partial charge in [0.25, 0.3) is 5.56 Å². The molecule has 164 valence electrons. The fourth-order valence-corrected chi connectivity index (χ4v) is 5.26. The van der Waals surface area contributed by atoms with Crippen molar-refractivity contribution in [1.29, 1.82) is 0 Å². The van der Waals surface area contributed by atoms with Gasteiger partial charge in [-0.15, -0.1) is 11.3 Å². The van der Waals surface area contributed by atoms with E-state index in [9.17, 15) is 9.59 Å². The number of thioether (sulfide) groups is 1. The molecule has 1 amide bonds. The van der Waals surface area contributed by atoms with Gasteiger partial charge in [0, 0.05) is 10.6 Å². The van der Waals surface area contributed by atoms with Gasteiger partial charge in [-0.25, -0.2) is 4.98 Å². The molecule has 0 saturated heterocycles. The average Bonchev–Trinajstić information content (AvgIpc) is 3.06. The molecule has 1 N–H and O–H groups in total. The topological polar surface area (TPSA) is 73.2 Å². The summed E-state index contributed by atoms with van der Waals surface area (Å²) < 4.78 is 6.82. The highest BCUT2D eigenvalue weighted by atomic mass is 32.2. The number of nitrogens with zero attached hydrogens (tertiary/aromatic N) is 2. The van der Waals surface area contributed by atoms with Gasteiger partial charge in [-0.1, -0.05) is 23.9 Å². The van der Waals surface area contributed by atoms with Crippen LogP contribution >= 0.6 is 23.1 Å². The summed E-state index contributed by atoms with van der Waals surface area (Å²) in [5.74, 6) is 0.672. The van der Waals surface area contributed by atoms with Crippen molar-refractivity contribution in [2.24, 2.45) is 0 Å². The van der Waals surface area contributed by atoms with Crippen molar-refractivity contribution < 1.29 is 9.53 Å². The first-order chi connectivity index (χ1) is 15.4. The van der Waals surface area contributed by atoms with Crippen LogP contribution in [0, 0.1) is 20.8 Å². The van der Waals surface area contributed by atoms with Crippen LogP contribution in [-0.2, 0) is 4.79 Å². The van der Waals surface area contributed by atoms with Gasteiger partial charge >= 0.3 is 0 Å². The van der Waals surface area contributed by atoms with Crippen LogP contribution in [0.25, 0.3) is 15.9 Å². The highest BCUT2D eigenvalue weighted by Crippen LogP contribution is 2.30. The van der Waals surface area contributed by atoms with Gasteiger partial charge in [0.15, 0.2) is 5.16 Å². The Labute approximate surface area is 194 Å². The minimum Gasteiger partial charge on any atom is -0.497 e. The Hall–Kier alpha value is -3.10. The Morgan fingerprint density at radius 1 is 1.16 bits per heavy atom. The molecule has 0 aliphatic rings. The van der Waals surface area contributed by atoms with Crippen molar-refractivity contribution in [2.45, 2.75) is 25.9 Å². The van der Waals surface area contributed by atoms with Gasteiger partial charge in [-0.2, -0.15) is 0 Å². The van der Waals surface area contributed by atoms with Crippen LogP contribution < -0.4 is 15.6 Å². The van der Waals surface area contributed by atoms with E-state index < -0.39 is 0 Å². The summed E-state index contributed by atoms with van der Waals surface area (Å²) in [7, 11) is 1.60. The van der Waals surface area contributed by atoms with Crippen LogP contribution in [0.5, 0.6) is 5.75 Å². The summed E-state index contributed by atoms with van der Waals surface area (Å²) in [4.78, 5) is 32.6. The third kappa shape index (κ3) is 4.42. The maximum Gasteiger partial charge on any atom is 0.267 e. The third-order valence-electron chi connectivity index (χ3n) is 5.14. The molecule has 0 aliphatic carbocycles. The Morgan fingerprint density at radius 2 is 1.91 bits per heavy atom. The average molecular weight is 466 g/mol. The molecule has 0 atom stereocenters. The maximum absolute atomic E-state index is 13.5. The molecule has 0 saturated carbocycles. The van der Waals surface area contributed by atoms with Crippen molar-refractivity contribution in [3.8, 4) is 11.4 Å². The van der Waals surface area contributed by atoms with Crippen LogP contribution in [0.15, 0.2) is 58.5 Å². The lowest BCUT2D eigenvalue weighted by Crippen LogP contribution is -2.22. The summed E-state index contributed by atoms with van der Waals surface area (Å²) in [6.45, 7) is 5.90. The Bertz CT molecular complexity index is 1360. The number of anilines is 1. The Kier molecular flexibility index (Phi) is 6.34. The van der Waals surface area contributed by atoms with Crippen molar-refractivity contribution in [2.75, 3.05) is 18.2 Å². The monoisotopic (exact) mass is 465 g/mol. The number of ether oxygens (including phenoxy) is 1. The van der Waals surface area contributed by atoms with Crippen molar-refractivity contribution in [1.82, 2.24) is 9.55 Å². The largest absolute Gasteiger partial charge is 0.497 e. The number of nitrogens with one attached hydrogen (secondary N) is 1. The van der Waals surface area contributed by atoms with Crippen LogP contribution in [0.4, 0.5) is 5.69 Å². The number of aromatic nitrogens is 2. The van der Waals surface area contributed by atoms with Crippen LogP contribution in [0.3, 0.4) is 0 Å². The first-order valence-corrected chi connectivity index (χ1v) is 11.8. The molecule has 0 spiro atoms. The summed E-state index contributed by atoms with van der Waals surface area (Å²) in [5.41, 5.74) is 3.30. The van der Waals surface area contributed by atoms with E-state index in [4.69, 9.17) is 9.72 Å². The molecule has 6 nitrogen and oxygen atoms in total. The summed E-state index contributed by atoms with van der Waals surface area (Å²) in [6, 6.07) is 14.9. The zero-order chi connectivity index (χ0) is 22.8. The van der Waals surface area contributed by atoms with Gasteiger partial charge in [0.2, 0.25) is 5.91 Å². The molecule has 32 heavy (non-hydrogen) atoms. The second-order valence-corrected chi connectivity index (χ2v) is 9.55. The summed E-state index contributed by atoms with van der Waals surface area (Å²) >= 11 is 2.74. The van der Waals surface area contributed by atoms with E-state index >= 15 is 0 Å². The van der Waals surface area contributed by atoms with Gasteiger partial charge in [-0.05, 0) is 68.3 Å². The molecule has 2 heterocycles. The molecular formula is C24H23N3O3S2. The SMILES string of the molecule is COc1ccc(-n2c(SCC(=O)Nc3cccc(C)c3)nc3sc(C)c(C)c3c2=O)cc1.